The summed E-state index contributed by atoms with van der Waals surface area (Å²) in [5.41, 5.74) is 0. The van der Waals surface area contributed by atoms with Gasteiger partial charge in [0.2, 0.25) is 0 Å². The number of rotatable bonds is 0. The molecule has 60 valence electrons. The molecule has 1 aromatic heterocycles. The standard InChI is InChI=1S/C8H5NOS2/c10-8-9-7(11)5-3-1-2-4-6(5)12-8/h1-4H,(H,9,10,11). The Bertz CT molecular complexity index is 526. The van der Waals surface area contributed by atoms with Crippen LogP contribution >= 0.6 is 23.6 Å². The predicted octanol–water partition coefficient (Wildman–Crippen LogP) is 2.32. The maximum atomic E-state index is 11.0. The van der Waals surface area contributed by atoms with Crippen molar-refractivity contribution in [1.82, 2.24) is 4.98 Å². The van der Waals surface area contributed by atoms with Crippen LogP contribution in [0.15, 0.2) is 29.1 Å². The Morgan fingerprint density at radius 3 is 2.92 bits per heavy atom. The zero-order chi connectivity index (χ0) is 8.55. The number of benzene rings is 1. The van der Waals surface area contributed by atoms with Crippen molar-refractivity contribution in [3.8, 4) is 0 Å². The average Bonchev–Trinajstić information content (AvgIpc) is 2.04. The fourth-order valence-corrected chi connectivity index (χ4v) is 2.21. The minimum absolute atomic E-state index is 0.0984. The molecular formula is C8H5NOS2. The van der Waals surface area contributed by atoms with Gasteiger partial charge in [0.05, 0.1) is 0 Å². The third-order valence-corrected chi connectivity index (χ3v) is 2.74. The molecule has 0 fully saturated rings. The molecule has 0 spiro atoms. The fourth-order valence-electron chi connectivity index (χ4n) is 1.03. The van der Waals surface area contributed by atoms with Crippen molar-refractivity contribution in [1.29, 1.82) is 0 Å². The molecule has 0 amide bonds. The Balaban J connectivity index is 3.09. The number of H-pyrrole nitrogens is 1. The van der Waals surface area contributed by atoms with E-state index in [1.807, 2.05) is 24.3 Å². The van der Waals surface area contributed by atoms with Crippen LogP contribution in [0.2, 0.25) is 0 Å². The van der Waals surface area contributed by atoms with Crippen LogP contribution in [0, 0.1) is 4.64 Å². The summed E-state index contributed by atoms with van der Waals surface area (Å²) in [6.45, 7) is 0. The zero-order valence-electron chi connectivity index (χ0n) is 6.03. The van der Waals surface area contributed by atoms with E-state index in [9.17, 15) is 4.79 Å². The first kappa shape index (κ1) is 7.64. The lowest BCUT2D eigenvalue weighted by atomic mass is 10.3. The van der Waals surface area contributed by atoms with Crippen molar-refractivity contribution in [3.05, 3.63) is 38.6 Å². The van der Waals surface area contributed by atoms with E-state index >= 15 is 0 Å². The second kappa shape index (κ2) is 2.80. The first-order valence-corrected chi connectivity index (χ1v) is 4.62. The molecule has 0 radical (unpaired) electrons. The van der Waals surface area contributed by atoms with Crippen molar-refractivity contribution in [2.24, 2.45) is 0 Å². The Hall–Kier alpha value is -1.00. The lowest BCUT2D eigenvalue weighted by Crippen LogP contribution is -1.98. The molecule has 1 aromatic carbocycles. The Labute approximate surface area is 77.5 Å². The van der Waals surface area contributed by atoms with Crippen molar-refractivity contribution in [2.45, 2.75) is 0 Å². The van der Waals surface area contributed by atoms with Gasteiger partial charge in [-0.15, -0.1) is 0 Å². The summed E-state index contributed by atoms with van der Waals surface area (Å²) < 4.78 is 1.46. The summed E-state index contributed by atoms with van der Waals surface area (Å²) >= 11 is 6.17. The fraction of sp³-hybridized carbons (Fsp3) is 0. The number of aromatic nitrogens is 1. The minimum Gasteiger partial charge on any atom is -0.304 e. The summed E-state index contributed by atoms with van der Waals surface area (Å²) in [5, 5.41) is 0.942. The van der Waals surface area contributed by atoms with E-state index in [1.165, 1.54) is 11.3 Å². The van der Waals surface area contributed by atoms with E-state index in [2.05, 4.69) is 4.98 Å². The van der Waals surface area contributed by atoms with E-state index in [0.717, 1.165) is 10.1 Å². The van der Waals surface area contributed by atoms with E-state index < -0.39 is 0 Å². The Morgan fingerprint density at radius 2 is 2.08 bits per heavy atom. The maximum absolute atomic E-state index is 11.0. The average molecular weight is 195 g/mol. The highest BCUT2D eigenvalue weighted by Gasteiger charge is 1.95. The number of fused-ring (bicyclic) bond motifs is 1. The molecule has 0 bridgehead atoms. The van der Waals surface area contributed by atoms with Gasteiger partial charge in [0, 0.05) is 10.1 Å². The molecule has 0 atom stereocenters. The van der Waals surface area contributed by atoms with Crippen molar-refractivity contribution < 1.29 is 0 Å². The molecule has 0 aliphatic carbocycles. The first-order valence-electron chi connectivity index (χ1n) is 3.39. The van der Waals surface area contributed by atoms with E-state index in [0.29, 0.717) is 4.64 Å². The monoisotopic (exact) mass is 195 g/mol. The van der Waals surface area contributed by atoms with Crippen LogP contribution in [0.1, 0.15) is 0 Å². The molecular weight excluding hydrogens is 190 g/mol. The zero-order valence-corrected chi connectivity index (χ0v) is 7.67. The predicted molar refractivity (Wildman–Crippen MR) is 53.3 cm³/mol. The van der Waals surface area contributed by atoms with Gasteiger partial charge in [-0.3, -0.25) is 4.79 Å². The molecule has 2 aromatic rings. The van der Waals surface area contributed by atoms with Crippen LogP contribution < -0.4 is 4.87 Å². The van der Waals surface area contributed by atoms with Gasteiger partial charge >= 0.3 is 4.87 Å². The topological polar surface area (TPSA) is 32.9 Å². The number of nitrogens with one attached hydrogen (secondary N) is 1. The molecule has 0 saturated carbocycles. The molecule has 1 N–H and O–H groups in total. The molecule has 0 saturated heterocycles. The third kappa shape index (κ3) is 1.19. The van der Waals surface area contributed by atoms with Gasteiger partial charge in [-0.1, -0.05) is 41.8 Å². The van der Waals surface area contributed by atoms with Crippen molar-refractivity contribution in [2.75, 3.05) is 0 Å². The number of hydrogen-bond acceptors (Lipinski definition) is 3. The van der Waals surface area contributed by atoms with Gasteiger partial charge in [0.15, 0.2) is 0 Å². The van der Waals surface area contributed by atoms with Crippen LogP contribution in [0.4, 0.5) is 0 Å². The summed E-state index contributed by atoms with van der Waals surface area (Å²) in [6.07, 6.45) is 0. The summed E-state index contributed by atoms with van der Waals surface area (Å²) in [5.74, 6) is 0. The van der Waals surface area contributed by atoms with Crippen molar-refractivity contribution >= 4 is 33.6 Å². The lowest BCUT2D eigenvalue weighted by Gasteiger charge is -1.92. The molecule has 12 heavy (non-hydrogen) atoms. The molecule has 4 heteroatoms. The minimum atomic E-state index is -0.0984. The molecule has 1 heterocycles. The Morgan fingerprint density at radius 1 is 1.33 bits per heavy atom. The first-order chi connectivity index (χ1) is 5.77. The van der Waals surface area contributed by atoms with Gasteiger partial charge in [0.1, 0.15) is 4.64 Å². The number of aromatic amines is 1. The lowest BCUT2D eigenvalue weighted by molar-refractivity contribution is 1.30. The highest BCUT2D eigenvalue weighted by molar-refractivity contribution is 7.71. The molecule has 2 rings (SSSR count). The largest absolute Gasteiger partial charge is 0.306 e. The van der Waals surface area contributed by atoms with E-state index in [-0.39, 0.29) is 4.87 Å². The highest BCUT2D eigenvalue weighted by Crippen LogP contribution is 2.14. The Kier molecular flexibility index (Phi) is 1.78. The molecule has 2 nitrogen and oxygen atoms in total. The second-order valence-corrected chi connectivity index (χ2v) is 3.76. The summed E-state index contributed by atoms with van der Waals surface area (Å²) in [4.78, 5) is 13.5. The van der Waals surface area contributed by atoms with Gasteiger partial charge in [-0.05, 0) is 6.07 Å². The van der Waals surface area contributed by atoms with Crippen LogP contribution in [0.3, 0.4) is 0 Å². The normalized spacial score (nSPS) is 10.3. The SMILES string of the molecule is O=c1[nH]c(=S)c2ccccc2s1. The quantitative estimate of drug-likeness (QED) is 0.654. The molecule has 0 aliphatic rings. The molecule has 0 unspecified atom stereocenters. The van der Waals surface area contributed by atoms with E-state index in [4.69, 9.17) is 12.2 Å². The third-order valence-electron chi connectivity index (χ3n) is 1.55. The second-order valence-electron chi connectivity index (χ2n) is 2.34. The maximum Gasteiger partial charge on any atom is 0.306 e. The van der Waals surface area contributed by atoms with Crippen LogP contribution in [-0.4, -0.2) is 4.98 Å². The summed E-state index contributed by atoms with van der Waals surface area (Å²) in [7, 11) is 0. The van der Waals surface area contributed by atoms with Gasteiger partial charge in [0.25, 0.3) is 0 Å². The van der Waals surface area contributed by atoms with Gasteiger partial charge in [-0.25, -0.2) is 0 Å². The van der Waals surface area contributed by atoms with E-state index in [1.54, 1.807) is 0 Å². The molecule has 0 aliphatic heterocycles. The van der Waals surface area contributed by atoms with Crippen LogP contribution in [0.25, 0.3) is 10.1 Å². The highest BCUT2D eigenvalue weighted by atomic mass is 32.1. The summed E-state index contributed by atoms with van der Waals surface area (Å²) in [6, 6.07) is 7.60. The van der Waals surface area contributed by atoms with Gasteiger partial charge in [-0.2, -0.15) is 0 Å². The van der Waals surface area contributed by atoms with Crippen molar-refractivity contribution in [3.63, 3.8) is 0 Å². The smallest absolute Gasteiger partial charge is 0.304 e. The van der Waals surface area contributed by atoms with Crippen LogP contribution in [0.5, 0.6) is 0 Å². The van der Waals surface area contributed by atoms with Crippen LogP contribution in [-0.2, 0) is 0 Å². The number of hydrogen-bond donors (Lipinski definition) is 1. The van der Waals surface area contributed by atoms with Gasteiger partial charge < -0.3 is 4.98 Å².